The van der Waals surface area contributed by atoms with Crippen LogP contribution in [0.15, 0.2) is 6.07 Å². The van der Waals surface area contributed by atoms with E-state index in [1.54, 1.807) is 13.2 Å². The molecule has 1 aliphatic carbocycles. The molecule has 1 saturated carbocycles. The molecule has 1 fully saturated rings. The first kappa shape index (κ1) is 15.8. The van der Waals surface area contributed by atoms with Gasteiger partial charge in [0.15, 0.2) is 0 Å². The van der Waals surface area contributed by atoms with Crippen LogP contribution in [0.25, 0.3) is 0 Å². The van der Waals surface area contributed by atoms with Crippen LogP contribution in [-0.2, 0) is 0 Å². The summed E-state index contributed by atoms with van der Waals surface area (Å²) < 4.78 is 5.14. The molecule has 0 saturated heterocycles. The summed E-state index contributed by atoms with van der Waals surface area (Å²) in [5.74, 6) is 2.19. The third-order valence-electron chi connectivity index (χ3n) is 4.54. The molecule has 2 rings (SSSR count). The zero-order valence-corrected chi connectivity index (χ0v) is 13.5. The largest absolute Gasteiger partial charge is 0.481 e. The summed E-state index contributed by atoms with van der Waals surface area (Å²) in [5, 5.41) is 3.42. The molecule has 118 valence electrons. The van der Waals surface area contributed by atoms with E-state index in [0.29, 0.717) is 5.88 Å². The fraction of sp³-hybridized carbons (Fsp3) is 0.733. The van der Waals surface area contributed by atoms with Crippen molar-refractivity contribution in [3.8, 4) is 5.88 Å². The Morgan fingerprint density at radius 2 is 2.24 bits per heavy atom. The second kappa shape index (κ2) is 6.47. The monoisotopic (exact) mass is 293 g/mol. The number of hydrogen-bond acceptors (Lipinski definition) is 6. The third-order valence-corrected chi connectivity index (χ3v) is 4.54. The number of nitrogen functional groups attached to an aromatic ring is 1. The number of hydrogen-bond donors (Lipinski definition) is 2. The van der Waals surface area contributed by atoms with E-state index >= 15 is 0 Å². The molecule has 0 amide bonds. The molecule has 0 bridgehead atoms. The predicted octanol–water partition coefficient (Wildman–Crippen LogP) is 1.99. The van der Waals surface area contributed by atoms with E-state index in [2.05, 4.69) is 41.2 Å². The second-order valence-electron chi connectivity index (χ2n) is 6.33. The smallest absolute Gasteiger partial charge is 0.225 e. The van der Waals surface area contributed by atoms with E-state index in [-0.39, 0.29) is 11.5 Å². The molecule has 0 aromatic carbocycles. The predicted molar refractivity (Wildman–Crippen MR) is 85.5 cm³/mol. The van der Waals surface area contributed by atoms with Gasteiger partial charge in [-0.25, -0.2) is 0 Å². The van der Waals surface area contributed by atoms with Crippen LogP contribution < -0.4 is 15.8 Å². The van der Waals surface area contributed by atoms with Crippen molar-refractivity contribution in [1.82, 2.24) is 14.9 Å². The maximum absolute atomic E-state index is 5.71. The highest BCUT2D eigenvalue weighted by Gasteiger charge is 2.36. The Morgan fingerprint density at radius 1 is 1.48 bits per heavy atom. The van der Waals surface area contributed by atoms with Crippen molar-refractivity contribution in [3.05, 3.63) is 6.07 Å². The van der Waals surface area contributed by atoms with Gasteiger partial charge >= 0.3 is 0 Å². The maximum Gasteiger partial charge on any atom is 0.225 e. The number of aromatic nitrogens is 2. The number of anilines is 2. The van der Waals surface area contributed by atoms with E-state index in [4.69, 9.17) is 10.5 Å². The molecule has 21 heavy (non-hydrogen) atoms. The molecule has 1 aromatic heterocycles. The molecule has 1 heterocycles. The summed E-state index contributed by atoms with van der Waals surface area (Å²) in [6.07, 6.45) is 5.00. The van der Waals surface area contributed by atoms with Crippen molar-refractivity contribution in [1.29, 1.82) is 0 Å². The van der Waals surface area contributed by atoms with Crippen molar-refractivity contribution in [2.24, 2.45) is 5.92 Å². The molecule has 6 heteroatoms. The van der Waals surface area contributed by atoms with Crippen LogP contribution in [0, 0.1) is 5.92 Å². The first-order chi connectivity index (χ1) is 9.95. The van der Waals surface area contributed by atoms with Gasteiger partial charge in [-0.1, -0.05) is 19.8 Å². The lowest BCUT2D eigenvalue weighted by Crippen LogP contribution is -2.52. The van der Waals surface area contributed by atoms with Gasteiger partial charge in [-0.3, -0.25) is 0 Å². The highest BCUT2D eigenvalue weighted by Crippen LogP contribution is 2.35. The summed E-state index contributed by atoms with van der Waals surface area (Å²) in [4.78, 5) is 10.6. The lowest BCUT2D eigenvalue weighted by atomic mass is 9.75. The molecule has 6 nitrogen and oxygen atoms in total. The van der Waals surface area contributed by atoms with E-state index < -0.39 is 0 Å². The average Bonchev–Trinajstić information content (AvgIpc) is 2.44. The van der Waals surface area contributed by atoms with Gasteiger partial charge in [-0.05, 0) is 32.9 Å². The van der Waals surface area contributed by atoms with Crippen molar-refractivity contribution >= 4 is 11.8 Å². The molecule has 0 radical (unpaired) electrons. The molecule has 3 N–H and O–H groups in total. The Bertz CT molecular complexity index is 479. The number of rotatable bonds is 5. The van der Waals surface area contributed by atoms with Gasteiger partial charge in [-0.2, -0.15) is 9.97 Å². The van der Waals surface area contributed by atoms with Crippen molar-refractivity contribution in [2.75, 3.05) is 38.8 Å². The topological polar surface area (TPSA) is 76.3 Å². The Labute approximate surface area is 127 Å². The zero-order valence-electron chi connectivity index (χ0n) is 13.5. The van der Waals surface area contributed by atoms with Crippen LogP contribution in [0.2, 0.25) is 0 Å². The Balaban J connectivity index is 2.10. The first-order valence-corrected chi connectivity index (χ1v) is 7.55. The molecule has 2 unspecified atom stereocenters. The van der Waals surface area contributed by atoms with Crippen LogP contribution >= 0.6 is 0 Å². The molecule has 1 aromatic rings. The Kier molecular flexibility index (Phi) is 4.88. The van der Waals surface area contributed by atoms with Gasteiger partial charge in [-0.15, -0.1) is 0 Å². The minimum atomic E-state index is 0.171. The SMILES string of the molecule is COc1cc(NCC2(N(C)C)CCCC(C)C2)nc(N)n1. The molecule has 0 aliphatic heterocycles. The van der Waals surface area contributed by atoms with Crippen molar-refractivity contribution in [2.45, 2.75) is 38.1 Å². The van der Waals surface area contributed by atoms with Crippen molar-refractivity contribution in [3.63, 3.8) is 0 Å². The van der Waals surface area contributed by atoms with Gasteiger partial charge < -0.3 is 20.7 Å². The average molecular weight is 293 g/mol. The van der Waals surface area contributed by atoms with Gasteiger partial charge in [0, 0.05) is 18.2 Å². The normalized spacial score (nSPS) is 25.9. The van der Waals surface area contributed by atoms with Gasteiger partial charge in [0.2, 0.25) is 11.8 Å². The quantitative estimate of drug-likeness (QED) is 0.864. The lowest BCUT2D eigenvalue weighted by Gasteiger charge is -2.45. The summed E-state index contributed by atoms with van der Waals surface area (Å²) in [6.45, 7) is 3.19. The fourth-order valence-corrected chi connectivity index (χ4v) is 3.25. The highest BCUT2D eigenvalue weighted by molar-refractivity contribution is 5.43. The summed E-state index contributed by atoms with van der Waals surface area (Å²) in [6, 6.07) is 1.78. The zero-order chi connectivity index (χ0) is 15.5. The Hall–Kier alpha value is -1.56. The summed E-state index contributed by atoms with van der Waals surface area (Å²) >= 11 is 0. The van der Waals surface area contributed by atoms with Crippen LogP contribution in [0.4, 0.5) is 11.8 Å². The molecular weight excluding hydrogens is 266 g/mol. The number of likely N-dealkylation sites (N-methyl/N-ethyl adjacent to an activating group) is 1. The number of nitrogens with two attached hydrogens (primary N) is 1. The minimum absolute atomic E-state index is 0.171. The van der Waals surface area contributed by atoms with Crippen LogP contribution in [0.3, 0.4) is 0 Å². The molecule has 1 aliphatic rings. The lowest BCUT2D eigenvalue weighted by molar-refractivity contribution is 0.0881. The first-order valence-electron chi connectivity index (χ1n) is 7.55. The highest BCUT2D eigenvalue weighted by atomic mass is 16.5. The number of nitrogens with one attached hydrogen (secondary N) is 1. The molecular formula is C15H27N5O. The van der Waals surface area contributed by atoms with Gasteiger partial charge in [0.1, 0.15) is 5.82 Å². The molecule has 0 spiro atoms. The third kappa shape index (κ3) is 3.75. The van der Waals surface area contributed by atoms with Gasteiger partial charge in [0.25, 0.3) is 0 Å². The number of ether oxygens (including phenoxy) is 1. The second-order valence-corrected chi connectivity index (χ2v) is 6.33. The van der Waals surface area contributed by atoms with Gasteiger partial charge in [0.05, 0.1) is 7.11 Å². The van der Waals surface area contributed by atoms with Crippen LogP contribution in [-0.4, -0.2) is 48.2 Å². The fourth-order valence-electron chi connectivity index (χ4n) is 3.25. The molecule has 2 atom stereocenters. The Morgan fingerprint density at radius 3 is 2.86 bits per heavy atom. The van der Waals surface area contributed by atoms with Crippen LogP contribution in [0.5, 0.6) is 5.88 Å². The van der Waals surface area contributed by atoms with Crippen molar-refractivity contribution < 1.29 is 4.74 Å². The summed E-state index contributed by atoms with van der Waals surface area (Å²) in [7, 11) is 5.90. The van der Waals surface area contributed by atoms with E-state index in [9.17, 15) is 0 Å². The minimum Gasteiger partial charge on any atom is -0.481 e. The van der Waals surface area contributed by atoms with E-state index in [0.717, 1.165) is 18.3 Å². The van der Waals surface area contributed by atoms with Crippen LogP contribution in [0.1, 0.15) is 32.6 Å². The number of nitrogens with zero attached hydrogens (tertiary/aromatic N) is 3. The standard InChI is InChI=1S/C15H27N5O/c1-11-6-5-7-15(9-11,20(2)3)10-17-12-8-13(21-4)19-14(16)18-12/h8,11H,5-7,9-10H2,1-4H3,(H3,16,17,18,19). The van der Waals surface area contributed by atoms with E-state index in [1.165, 1.54) is 25.7 Å². The maximum atomic E-state index is 5.71. The van der Waals surface area contributed by atoms with E-state index in [1.807, 2.05) is 0 Å². The summed E-state index contributed by atoms with van der Waals surface area (Å²) in [5.41, 5.74) is 5.88. The number of methoxy groups -OCH3 is 1.